The van der Waals surface area contributed by atoms with Crippen molar-refractivity contribution in [3.63, 3.8) is 0 Å². The maximum absolute atomic E-state index is 14.1. The van der Waals surface area contributed by atoms with Gasteiger partial charge in [-0.15, -0.1) is 0 Å². The number of hydrogen-bond acceptors (Lipinski definition) is 3. The van der Waals surface area contributed by atoms with E-state index in [1.165, 1.54) is 6.07 Å². The molecule has 0 aliphatic carbocycles. The third-order valence-electron chi connectivity index (χ3n) is 2.96. The minimum atomic E-state index is -0.710. The molecule has 1 amide bonds. The fourth-order valence-electron chi connectivity index (χ4n) is 1.95. The van der Waals surface area contributed by atoms with Gasteiger partial charge in [0, 0.05) is 12.6 Å². The Kier molecular flexibility index (Phi) is 5.95. The van der Waals surface area contributed by atoms with E-state index >= 15 is 0 Å². The van der Waals surface area contributed by atoms with Gasteiger partial charge >= 0.3 is 0 Å². The number of nitrogens with one attached hydrogen (secondary N) is 1. The molecule has 112 valence electrons. The molecule has 1 aromatic rings. The number of halogens is 1. The Morgan fingerprint density at radius 3 is 2.50 bits per heavy atom. The molecule has 5 heteroatoms. The first-order chi connectivity index (χ1) is 9.35. The highest BCUT2D eigenvalue weighted by atomic mass is 19.1. The molecule has 0 aliphatic rings. The standard InChI is InChI=1S/C15H23FN2O2/c1-5-18(9-15(20)17-10(2)3)14-7-6-12(11(4)19)8-13(14)16/h6-8,10-11,19H,5,9H2,1-4H3,(H,17,20). The lowest BCUT2D eigenvalue weighted by atomic mass is 10.1. The lowest BCUT2D eigenvalue weighted by molar-refractivity contribution is -0.120. The highest BCUT2D eigenvalue weighted by Gasteiger charge is 2.15. The second-order valence-electron chi connectivity index (χ2n) is 5.12. The van der Waals surface area contributed by atoms with Crippen molar-refractivity contribution in [2.24, 2.45) is 0 Å². The highest BCUT2D eigenvalue weighted by molar-refractivity contribution is 5.81. The molecule has 0 spiro atoms. The van der Waals surface area contributed by atoms with Gasteiger partial charge in [-0.25, -0.2) is 4.39 Å². The van der Waals surface area contributed by atoms with E-state index in [4.69, 9.17) is 0 Å². The maximum atomic E-state index is 14.1. The molecule has 0 saturated heterocycles. The number of hydrogen-bond donors (Lipinski definition) is 2. The molecule has 1 atom stereocenters. The van der Waals surface area contributed by atoms with Crippen LogP contribution in [0.15, 0.2) is 18.2 Å². The second-order valence-corrected chi connectivity index (χ2v) is 5.12. The average Bonchev–Trinajstić information content (AvgIpc) is 2.35. The van der Waals surface area contributed by atoms with Crippen LogP contribution in [0, 0.1) is 5.82 Å². The van der Waals surface area contributed by atoms with Crippen LogP contribution >= 0.6 is 0 Å². The van der Waals surface area contributed by atoms with Gasteiger partial charge in [-0.05, 0) is 45.4 Å². The quantitative estimate of drug-likeness (QED) is 0.841. The number of carbonyl (C=O) groups excluding carboxylic acids is 1. The molecule has 0 heterocycles. The van der Waals surface area contributed by atoms with E-state index in [9.17, 15) is 14.3 Å². The van der Waals surface area contributed by atoms with Crippen molar-refractivity contribution >= 4 is 11.6 Å². The van der Waals surface area contributed by atoms with E-state index in [0.717, 1.165) is 0 Å². The van der Waals surface area contributed by atoms with Gasteiger partial charge in [-0.1, -0.05) is 6.07 Å². The first kappa shape index (κ1) is 16.4. The third kappa shape index (κ3) is 4.49. The van der Waals surface area contributed by atoms with Gasteiger partial charge in [0.05, 0.1) is 18.3 Å². The Labute approximate surface area is 119 Å². The van der Waals surface area contributed by atoms with Crippen molar-refractivity contribution in [2.45, 2.75) is 39.8 Å². The van der Waals surface area contributed by atoms with Gasteiger partial charge in [0.25, 0.3) is 0 Å². The van der Waals surface area contributed by atoms with Crippen molar-refractivity contribution < 1.29 is 14.3 Å². The monoisotopic (exact) mass is 282 g/mol. The number of aliphatic hydroxyl groups is 1. The molecule has 0 bridgehead atoms. The number of rotatable bonds is 6. The van der Waals surface area contributed by atoms with Crippen LogP contribution < -0.4 is 10.2 Å². The molecular formula is C15H23FN2O2. The zero-order chi connectivity index (χ0) is 15.3. The summed E-state index contributed by atoms with van der Waals surface area (Å²) in [4.78, 5) is 13.4. The van der Waals surface area contributed by atoms with E-state index < -0.39 is 11.9 Å². The normalized spacial score (nSPS) is 12.3. The minimum Gasteiger partial charge on any atom is -0.389 e. The zero-order valence-electron chi connectivity index (χ0n) is 12.5. The van der Waals surface area contributed by atoms with Crippen molar-refractivity contribution in [3.05, 3.63) is 29.6 Å². The summed E-state index contributed by atoms with van der Waals surface area (Å²) in [7, 11) is 0. The molecule has 0 aromatic heterocycles. The Bertz CT molecular complexity index is 461. The number of likely N-dealkylation sites (N-methyl/N-ethyl adjacent to an activating group) is 1. The number of benzene rings is 1. The Hall–Kier alpha value is -1.62. The predicted octanol–water partition coefficient (Wildman–Crippen LogP) is 2.23. The van der Waals surface area contributed by atoms with Crippen LogP contribution in [-0.4, -0.2) is 30.1 Å². The first-order valence-corrected chi connectivity index (χ1v) is 6.87. The lowest BCUT2D eigenvalue weighted by Crippen LogP contribution is -2.40. The fourth-order valence-corrected chi connectivity index (χ4v) is 1.95. The Morgan fingerprint density at radius 1 is 1.40 bits per heavy atom. The summed E-state index contributed by atoms with van der Waals surface area (Å²) >= 11 is 0. The molecule has 4 nitrogen and oxygen atoms in total. The van der Waals surface area contributed by atoms with Gasteiger partial charge < -0.3 is 15.3 Å². The van der Waals surface area contributed by atoms with Gasteiger partial charge in [0.2, 0.25) is 5.91 Å². The predicted molar refractivity (Wildman–Crippen MR) is 78.2 cm³/mol. The van der Waals surface area contributed by atoms with Crippen molar-refractivity contribution in [2.75, 3.05) is 18.0 Å². The summed E-state index contributed by atoms with van der Waals surface area (Å²) in [5.41, 5.74) is 0.893. The molecule has 1 unspecified atom stereocenters. The van der Waals surface area contributed by atoms with E-state index in [0.29, 0.717) is 17.8 Å². The summed E-state index contributed by atoms with van der Waals surface area (Å²) in [5, 5.41) is 12.2. The minimum absolute atomic E-state index is 0.0590. The topological polar surface area (TPSA) is 52.6 Å². The van der Waals surface area contributed by atoms with Gasteiger partial charge in [0.15, 0.2) is 0 Å². The number of carbonyl (C=O) groups is 1. The van der Waals surface area contributed by atoms with Crippen LogP contribution in [0.1, 0.15) is 39.4 Å². The summed E-state index contributed by atoms with van der Waals surface area (Å²) in [6, 6.07) is 4.64. The molecule has 20 heavy (non-hydrogen) atoms. The zero-order valence-corrected chi connectivity index (χ0v) is 12.5. The SMILES string of the molecule is CCN(CC(=O)NC(C)C)c1ccc(C(C)O)cc1F. The van der Waals surface area contributed by atoms with E-state index in [1.54, 1.807) is 24.0 Å². The van der Waals surface area contributed by atoms with Gasteiger partial charge in [-0.3, -0.25) is 4.79 Å². The van der Waals surface area contributed by atoms with Crippen LogP contribution in [0.4, 0.5) is 10.1 Å². The smallest absolute Gasteiger partial charge is 0.239 e. The fraction of sp³-hybridized carbons (Fsp3) is 0.533. The third-order valence-corrected chi connectivity index (χ3v) is 2.96. The summed E-state index contributed by atoms with van der Waals surface area (Å²) < 4.78 is 14.1. The molecular weight excluding hydrogens is 259 g/mol. The summed E-state index contributed by atoms with van der Waals surface area (Å²) in [6.45, 7) is 7.85. The largest absolute Gasteiger partial charge is 0.389 e. The maximum Gasteiger partial charge on any atom is 0.239 e. The first-order valence-electron chi connectivity index (χ1n) is 6.87. The van der Waals surface area contributed by atoms with Crippen LogP contribution in [0.5, 0.6) is 0 Å². The van der Waals surface area contributed by atoms with Crippen LogP contribution in [0.25, 0.3) is 0 Å². The lowest BCUT2D eigenvalue weighted by Gasteiger charge is -2.24. The molecule has 2 N–H and O–H groups in total. The van der Waals surface area contributed by atoms with Crippen molar-refractivity contribution in [3.8, 4) is 0 Å². The van der Waals surface area contributed by atoms with Crippen LogP contribution in [0.2, 0.25) is 0 Å². The van der Waals surface area contributed by atoms with Crippen molar-refractivity contribution in [1.29, 1.82) is 0 Å². The number of amides is 1. The van der Waals surface area contributed by atoms with E-state index in [-0.39, 0.29) is 18.5 Å². The van der Waals surface area contributed by atoms with Gasteiger partial charge in [-0.2, -0.15) is 0 Å². The van der Waals surface area contributed by atoms with Crippen molar-refractivity contribution in [1.82, 2.24) is 5.32 Å². The molecule has 0 saturated carbocycles. The summed E-state index contributed by atoms with van der Waals surface area (Å²) in [6.07, 6.45) is -0.710. The summed E-state index contributed by atoms with van der Waals surface area (Å²) in [5.74, 6) is -0.566. The number of nitrogens with zero attached hydrogens (tertiary/aromatic N) is 1. The van der Waals surface area contributed by atoms with Crippen LogP contribution in [0.3, 0.4) is 0 Å². The number of anilines is 1. The Morgan fingerprint density at radius 2 is 2.05 bits per heavy atom. The average molecular weight is 282 g/mol. The van der Waals surface area contributed by atoms with E-state index in [2.05, 4.69) is 5.32 Å². The van der Waals surface area contributed by atoms with Crippen LogP contribution in [-0.2, 0) is 4.79 Å². The molecule has 0 aliphatic heterocycles. The Balaban J connectivity index is 2.87. The molecule has 0 radical (unpaired) electrons. The highest BCUT2D eigenvalue weighted by Crippen LogP contribution is 2.23. The van der Waals surface area contributed by atoms with Gasteiger partial charge in [0.1, 0.15) is 5.82 Å². The second kappa shape index (κ2) is 7.24. The van der Waals surface area contributed by atoms with E-state index in [1.807, 2.05) is 20.8 Å². The molecule has 0 fully saturated rings. The molecule has 1 rings (SSSR count). The number of aliphatic hydroxyl groups excluding tert-OH is 1. The molecule has 1 aromatic carbocycles.